The molecule has 1 aromatic carbocycles. The lowest BCUT2D eigenvalue weighted by Crippen LogP contribution is -2.18. The Bertz CT molecular complexity index is 388. The predicted octanol–water partition coefficient (Wildman–Crippen LogP) is 1.99. The van der Waals surface area contributed by atoms with Gasteiger partial charge in [-0.15, -0.1) is 0 Å². The fraction of sp³-hybridized carbons (Fsp3) is 0.400. The van der Waals surface area contributed by atoms with E-state index in [2.05, 4.69) is 21.2 Å². The van der Waals surface area contributed by atoms with E-state index < -0.39 is 17.7 Å². The molecule has 90 valence electrons. The molecule has 0 aliphatic carbocycles. The maximum absolute atomic E-state index is 13.5. The van der Waals surface area contributed by atoms with E-state index in [1.165, 1.54) is 13.2 Å². The number of nitrogens with one attached hydrogen (secondary N) is 1. The molecule has 0 bridgehead atoms. The van der Waals surface area contributed by atoms with Gasteiger partial charge in [-0.25, -0.2) is 4.39 Å². The first-order valence-electron chi connectivity index (χ1n) is 4.57. The fourth-order valence-corrected chi connectivity index (χ4v) is 1.78. The second-order valence-corrected chi connectivity index (χ2v) is 4.04. The highest BCUT2D eigenvalue weighted by molar-refractivity contribution is 9.10. The summed E-state index contributed by atoms with van der Waals surface area (Å²) in [5, 5.41) is 12.5. The molecule has 0 saturated heterocycles. The van der Waals surface area contributed by atoms with E-state index in [4.69, 9.17) is 4.74 Å². The number of rotatable bonds is 4. The van der Waals surface area contributed by atoms with E-state index in [9.17, 15) is 13.9 Å². The summed E-state index contributed by atoms with van der Waals surface area (Å²) in [5.41, 5.74) is 0.197. The molecule has 3 nitrogen and oxygen atoms in total. The van der Waals surface area contributed by atoms with Gasteiger partial charge in [-0.1, -0.05) is 0 Å². The monoisotopic (exact) mass is 295 g/mol. The van der Waals surface area contributed by atoms with Gasteiger partial charge in [-0.05, 0) is 29.0 Å². The third kappa shape index (κ3) is 2.50. The van der Waals surface area contributed by atoms with Gasteiger partial charge in [-0.2, -0.15) is 4.39 Å². The maximum Gasteiger partial charge on any atom is 0.202 e. The number of halogens is 3. The first kappa shape index (κ1) is 13.3. The van der Waals surface area contributed by atoms with E-state index in [1.54, 1.807) is 7.05 Å². The molecule has 0 radical (unpaired) electrons. The number of aliphatic hydroxyl groups is 1. The summed E-state index contributed by atoms with van der Waals surface area (Å²) >= 11 is 2.88. The molecule has 2 N–H and O–H groups in total. The molecular weight excluding hydrogens is 284 g/mol. The molecule has 0 aliphatic rings. The van der Waals surface area contributed by atoms with Crippen molar-refractivity contribution in [3.05, 3.63) is 27.7 Å². The average Bonchev–Trinajstić information content (AvgIpc) is 2.26. The van der Waals surface area contributed by atoms with E-state index in [1.807, 2.05) is 0 Å². The molecule has 16 heavy (non-hydrogen) atoms. The number of likely N-dealkylation sites (N-methyl/N-ethyl adjacent to an activating group) is 1. The number of hydrogen-bond donors (Lipinski definition) is 2. The molecule has 0 heterocycles. The van der Waals surface area contributed by atoms with Gasteiger partial charge in [0.1, 0.15) is 0 Å². The highest BCUT2D eigenvalue weighted by Crippen LogP contribution is 2.33. The highest BCUT2D eigenvalue weighted by atomic mass is 79.9. The Labute approximate surface area is 101 Å². The minimum Gasteiger partial charge on any atom is -0.493 e. The maximum atomic E-state index is 13.5. The van der Waals surface area contributed by atoms with Gasteiger partial charge in [0.05, 0.1) is 17.7 Å². The van der Waals surface area contributed by atoms with E-state index in [0.717, 1.165) is 0 Å². The Morgan fingerprint density at radius 3 is 2.62 bits per heavy atom. The van der Waals surface area contributed by atoms with Crippen LogP contribution in [0, 0.1) is 11.6 Å². The summed E-state index contributed by atoms with van der Waals surface area (Å²) in [5.74, 6) is -2.41. The van der Waals surface area contributed by atoms with Crippen molar-refractivity contribution < 1.29 is 18.6 Å². The van der Waals surface area contributed by atoms with Crippen molar-refractivity contribution in [3.63, 3.8) is 0 Å². The van der Waals surface area contributed by atoms with Gasteiger partial charge < -0.3 is 15.2 Å². The van der Waals surface area contributed by atoms with Gasteiger partial charge in [-0.3, -0.25) is 0 Å². The summed E-state index contributed by atoms with van der Waals surface area (Å²) in [6.45, 7) is 0.216. The summed E-state index contributed by atoms with van der Waals surface area (Å²) in [7, 11) is 2.87. The third-order valence-electron chi connectivity index (χ3n) is 2.11. The quantitative estimate of drug-likeness (QED) is 0.835. The molecular formula is C10H12BrF2NO2. The van der Waals surface area contributed by atoms with Crippen molar-refractivity contribution in [2.45, 2.75) is 6.10 Å². The molecule has 0 amide bonds. The number of aliphatic hydroxyl groups excluding tert-OH is 1. The second kappa shape index (κ2) is 5.56. The van der Waals surface area contributed by atoms with E-state index >= 15 is 0 Å². The largest absolute Gasteiger partial charge is 0.493 e. The minimum atomic E-state index is -1.11. The van der Waals surface area contributed by atoms with Crippen LogP contribution in [0.25, 0.3) is 0 Å². The molecule has 1 rings (SSSR count). The Kier molecular flexibility index (Phi) is 4.64. The summed E-state index contributed by atoms with van der Waals surface area (Å²) < 4.78 is 31.4. The van der Waals surface area contributed by atoms with Crippen LogP contribution < -0.4 is 10.1 Å². The molecule has 0 saturated carbocycles. The van der Waals surface area contributed by atoms with E-state index in [-0.39, 0.29) is 22.3 Å². The van der Waals surface area contributed by atoms with Crippen LogP contribution in [0.15, 0.2) is 10.5 Å². The van der Waals surface area contributed by atoms with Crippen LogP contribution in [-0.4, -0.2) is 25.8 Å². The molecule has 0 aromatic heterocycles. The molecule has 1 unspecified atom stereocenters. The highest BCUT2D eigenvalue weighted by Gasteiger charge is 2.22. The van der Waals surface area contributed by atoms with Crippen LogP contribution >= 0.6 is 15.9 Å². The first-order valence-corrected chi connectivity index (χ1v) is 5.36. The van der Waals surface area contributed by atoms with Gasteiger partial charge in [0, 0.05) is 12.1 Å². The van der Waals surface area contributed by atoms with Crippen molar-refractivity contribution in [1.82, 2.24) is 5.32 Å². The molecule has 1 atom stereocenters. The standard InChI is InChI=1S/C10H12BrF2NO2/c1-14-4-7(15)5-3-6(11)8(12)9(13)10(5)16-2/h3,7,14-15H,4H2,1-2H3. The van der Waals surface area contributed by atoms with Crippen LogP contribution in [0.5, 0.6) is 5.75 Å². The normalized spacial score (nSPS) is 12.6. The van der Waals surface area contributed by atoms with Crippen LogP contribution in [0.2, 0.25) is 0 Å². The minimum absolute atomic E-state index is 0.0454. The number of hydrogen-bond acceptors (Lipinski definition) is 3. The van der Waals surface area contributed by atoms with Crippen molar-refractivity contribution >= 4 is 15.9 Å². The Hall–Kier alpha value is -0.720. The lowest BCUT2D eigenvalue weighted by Gasteiger charge is -2.16. The second-order valence-electron chi connectivity index (χ2n) is 3.18. The topological polar surface area (TPSA) is 41.5 Å². The third-order valence-corrected chi connectivity index (χ3v) is 2.68. The summed E-state index contributed by atoms with van der Waals surface area (Å²) in [6, 6.07) is 1.30. The van der Waals surface area contributed by atoms with Crippen molar-refractivity contribution in [2.24, 2.45) is 0 Å². The fourth-order valence-electron chi connectivity index (χ4n) is 1.35. The number of ether oxygens (including phenoxy) is 1. The zero-order chi connectivity index (χ0) is 12.3. The van der Waals surface area contributed by atoms with Crippen LogP contribution in [0.1, 0.15) is 11.7 Å². The van der Waals surface area contributed by atoms with Gasteiger partial charge in [0.2, 0.25) is 5.82 Å². The Balaban J connectivity index is 3.27. The predicted molar refractivity (Wildman–Crippen MR) is 59.5 cm³/mol. The van der Waals surface area contributed by atoms with Crippen molar-refractivity contribution in [2.75, 3.05) is 20.7 Å². The number of methoxy groups -OCH3 is 1. The van der Waals surface area contributed by atoms with Crippen LogP contribution in [0.4, 0.5) is 8.78 Å². The molecule has 1 aromatic rings. The SMILES string of the molecule is CNCC(O)c1cc(Br)c(F)c(F)c1OC. The van der Waals surface area contributed by atoms with E-state index in [0.29, 0.717) is 0 Å². The molecule has 0 aliphatic heterocycles. The molecule has 0 fully saturated rings. The van der Waals surface area contributed by atoms with Crippen LogP contribution in [0.3, 0.4) is 0 Å². The van der Waals surface area contributed by atoms with Gasteiger partial charge in [0.25, 0.3) is 0 Å². The lowest BCUT2D eigenvalue weighted by molar-refractivity contribution is 0.171. The smallest absolute Gasteiger partial charge is 0.202 e. The molecule has 6 heteroatoms. The zero-order valence-corrected chi connectivity index (χ0v) is 10.4. The zero-order valence-electron chi connectivity index (χ0n) is 8.85. The Morgan fingerprint density at radius 2 is 2.12 bits per heavy atom. The Morgan fingerprint density at radius 1 is 1.50 bits per heavy atom. The van der Waals surface area contributed by atoms with Crippen molar-refractivity contribution in [1.29, 1.82) is 0 Å². The summed E-state index contributed by atoms with van der Waals surface area (Å²) in [6.07, 6.45) is -0.966. The van der Waals surface area contributed by atoms with Gasteiger partial charge in [0.15, 0.2) is 11.6 Å². The number of benzene rings is 1. The lowest BCUT2D eigenvalue weighted by atomic mass is 10.1. The van der Waals surface area contributed by atoms with Crippen LogP contribution in [-0.2, 0) is 0 Å². The first-order chi connectivity index (χ1) is 7.52. The van der Waals surface area contributed by atoms with Gasteiger partial charge >= 0.3 is 0 Å². The average molecular weight is 296 g/mol. The van der Waals surface area contributed by atoms with Crippen molar-refractivity contribution in [3.8, 4) is 5.75 Å². The summed E-state index contributed by atoms with van der Waals surface area (Å²) in [4.78, 5) is 0. The molecule has 0 spiro atoms.